The van der Waals surface area contributed by atoms with Crippen LogP contribution in [0.3, 0.4) is 0 Å². The molecule has 0 amide bonds. The average molecular weight is 402 g/mol. The van der Waals surface area contributed by atoms with E-state index in [2.05, 4.69) is 50.4 Å². The van der Waals surface area contributed by atoms with E-state index in [0.29, 0.717) is 12.1 Å². The fourth-order valence-corrected chi connectivity index (χ4v) is 3.94. The fourth-order valence-electron chi connectivity index (χ4n) is 2.81. The van der Waals surface area contributed by atoms with Crippen molar-refractivity contribution in [2.45, 2.75) is 38.3 Å². The van der Waals surface area contributed by atoms with E-state index in [4.69, 9.17) is 11.6 Å². The van der Waals surface area contributed by atoms with Gasteiger partial charge in [0.1, 0.15) is 0 Å². The quantitative estimate of drug-likeness (QED) is 0.759. The Kier molecular flexibility index (Phi) is 4.33. The van der Waals surface area contributed by atoms with Crippen LogP contribution in [0.15, 0.2) is 30.7 Å². The molecule has 2 atom stereocenters. The highest BCUT2D eigenvalue weighted by Gasteiger charge is 2.23. The minimum Gasteiger partial charge on any atom is -0.306 e. The average Bonchev–Trinajstić information content (AvgIpc) is 2.87. The molecular formula is C15H17ClIN3. The zero-order valence-corrected chi connectivity index (χ0v) is 14.2. The smallest absolute Gasteiger partial charge is 0.0995 e. The lowest BCUT2D eigenvalue weighted by Gasteiger charge is -2.29. The Morgan fingerprint density at radius 2 is 2.25 bits per heavy atom. The number of hydrogen-bond donors (Lipinski definition) is 1. The number of nitrogens with one attached hydrogen (secondary N) is 1. The summed E-state index contributed by atoms with van der Waals surface area (Å²) in [7, 11) is 0. The van der Waals surface area contributed by atoms with Gasteiger partial charge in [0.05, 0.1) is 23.9 Å². The van der Waals surface area contributed by atoms with Crippen LogP contribution in [-0.2, 0) is 0 Å². The SMILES string of the molecule is CC1CCCC(c2cncn2-c2ccc(Cl)cc2I)N1. The van der Waals surface area contributed by atoms with Gasteiger partial charge in [-0.3, -0.25) is 0 Å². The predicted molar refractivity (Wildman–Crippen MR) is 90.5 cm³/mol. The highest BCUT2D eigenvalue weighted by Crippen LogP contribution is 2.29. The van der Waals surface area contributed by atoms with Gasteiger partial charge in [-0.1, -0.05) is 11.6 Å². The van der Waals surface area contributed by atoms with Gasteiger partial charge in [-0.05, 0) is 67.0 Å². The van der Waals surface area contributed by atoms with Gasteiger partial charge < -0.3 is 9.88 Å². The Labute approximate surface area is 137 Å². The lowest BCUT2D eigenvalue weighted by atomic mass is 9.97. The first kappa shape index (κ1) is 14.4. The van der Waals surface area contributed by atoms with Crippen LogP contribution < -0.4 is 5.32 Å². The van der Waals surface area contributed by atoms with Crippen molar-refractivity contribution in [1.82, 2.24) is 14.9 Å². The molecule has 1 fully saturated rings. The summed E-state index contributed by atoms with van der Waals surface area (Å²) in [4.78, 5) is 4.35. The van der Waals surface area contributed by atoms with E-state index in [1.165, 1.54) is 25.0 Å². The number of aromatic nitrogens is 2. The summed E-state index contributed by atoms with van der Waals surface area (Å²) in [5.41, 5.74) is 2.37. The lowest BCUT2D eigenvalue weighted by Crippen LogP contribution is -2.35. The van der Waals surface area contributed by atoms with Crippen LogP contribution in [0.5, 0.6) is 0 Å². The van der Waals surface area contributed by atoms with Crippen molar-refractivity contribution < 1.29 is 0 Å². The van der Waals surface area contributed by atoms with Gasteiger partial charge in [-0.15, -0.1) is 0 Å². The molecule has 2 aromatic rings. The molecule has 0 radical (unpaired) electrons. The van der Waals surface area contributed by atoms with Crippen LogP contribution in [0.2, 0.25) is 5.02 Å². The van der Waals surface area contributed by atoms with Crippen LogP contribution in [-0.4, -0.2) is 15.6 Å². The van der Waals surface area contributed by atoms with Crippen molar-refractivity contribution in [3.05, 3.63) is 45.0 Å². The van der Waals surface area contributed by atoms with Gasteiger partial charge in [0, 0.05) is 20.7 Å². The Morgan fingerprint density at radius 3 is 3.00 bits per heavy atom. The summed E-state index contributed by atoms with van der Waals surface area (Å²) in [6.45, 7) is 2.25. The molecule has 2 heterocycles. The van der Waals surface area contributed by atoms with Gasteiger partial charge in [0.15, 0.2) is 0 Å². The van der Waals surface area contributed by atoms with E-state index < -0.39 is 0 Å². The largest absolute Gasteiger partial charge is 0.306 e. The molecule has 0 aliphatic carbocycles. The molecule has 5 heteroatoms. The third kappa shape index (κ3) is 2.87. The molecule has 1 aliphatic rings. The molecule has 20 heavy (non-hydrogen) atoms. The van der Waals surface area contributed by atoms with E-state index in [1.54, 1.807) is 0 Å². The van der Waals surface area contributed by atoms with Crippen molar-refractivity contribution in [1.29, 1.82) is 0 Å². The van der Waals surface area contributed by atoms with E-state index in [9.17, 15) is 0 Å². The van der Waals surface area contributed by atoms with E-state index in [-0.39, 0.29) is 0 Å². The van der Waals surface area contributed by atoms with Crippen LogP contribution in [0.25, 0.3) is 5.69 Å². The molecule has 1 aromatic carbocycles. The second-order valence-corrected chi connectivity index (χ2v) is 6.93. The van der Waals surface area contributed by atoms with Gasteiger partial charge in [-0.2, -0.15) is 0 Å². The third-order valence-corrected chi connectivity index (χ3v) is 4.91. The molecule has 3 nitrogen and oxygen atoms in total. The van der Waals surface area contributed by atoms with Crippen molar-refractivity contribution in [2.75, 3.05) is 0 Å². The molecule has 1 aliphatic heterocycles. The Morgan fingerprint density at radius 1 is 1.40 bits per heavy atom. The number of imidazole rings is 1. The maximum Gasteiger partial charge on any atom is 0.0995 e. The summed E-state index contributed by atoms with van der Waals surface area (Å²) in [5.74, 6) is 0. The normalized spacial score (nSPS) is 22.9. The minimum atomic E-state index is 0.382. The summed E-state index contributed by atoms with van der Waals surface area (Å²) in [6.07, 6.45) is 7.55. The van der Waals surface area contributed by atoms with Crippen molar-refractivity contribution >= 4 is 34.2 Å². The zero-order valence-electron chi connectivity index (χ0n) is 11.3. The molecular weight excluding hydrogens is 385 g/mol. The topological polar surface area (TPSA) is 29.9 Å². The monoisotopic (exact) mass is 401 g/mol. The molecule has 106 valence electrons. The number of benzene rings is 1. The predicted octanol–water partition coefficient (Wildman–Crippen LogP) is 4.33. The van der Waals surface area contributed by atoms with Crippen molar-refractivity contribution in [3.63, 3.8) is 0 Å². The molecule has 2 unspecified atom stereocenters. The van der Waals surface area contributed by atoms with Gasteiger partial charge in [0.2, 0.25) is 0 Å². The van der Waals surface area contributed by atoms with Crippen molar-refractivity contribution in [3.8, 4) is 5.69 Å². The maximum atomic E-state index is 6.04. The van der Waals surface area contributed by atoms with Crippen LogP contribution in [0, 0.1) is 3.57 Å². The Balaban J connectivity index is 1.97. The van der Waals surface area contributed by atoms with E-state index in [0.717, 1.165) is 14.3 Å². The highest BCUT2D eigenvalue weighted by atomic mass is 127. The molecule has 1 N–H and O–H groups in total. The number of hydrogen-bond acceptors (Lipinski definition) is 2. The third-order valence-electron chi connectivity index (χ3n) is 3.81. The maximum absolute atomic E-state index is 6.04. The molecule has 1 aromatic heterocycles. The summed E-state index contributed by atoms with van der Waals surface area (Å²) >= 11 is 8.37. The van der Waals surface area contributed by atoms with Gasteiger partial charge >= 0.3 is 0 Å². The highest BCUT2D eigenvalue weighted by molar-refractivity contribution is 14.1. The number of rotatable bonds is 2. The fraction of sp³-hybridized carbons (Fsp3) is 0.400. The van der Waals surface area contributed by atoms with Crippen molar-refractivity contribution in [2.24, 2.45) is 0 Å². The molecule has 0 saturated carbocycles. The molecule has 1 saturated heterocycles. The Hall–Kier alpha value is -0.590. The van der Waals surface area contributed by atoms with Gasteiger partial charge in [-0.25, -0.2) is 4.98 Å². The standard InChI is InChI=1S/C15H17ClIN3/c1-10-3-2-4-13(19-10)15-8-18-9-20(15)14-6-5-11(16)7-12(14)17/h5-10,13,19H,2-4H2,1H3. The second kappa shape index (κ2) is 6.03. The second-order valence-electron chi connectivity index (χ2n) is 5.34. The summed E-state index contributed by atoms with van der Waals surface area (Å²) in [6, 6.07) is 6.92. The molecule has 0 bridgehead atoms. The van der Waals surface area contributed by atoms with Crippen LogP contribution in [0.1, 0.15) is 37.9 Å². The molecule has 3 rings (SSSR count). The zero-order chi connectivity index (χ0) is 14.1. The van der Waals surface area contributed by atoms with E-state index in [1.807, 2.05) is 24.7 Å². The lowest BCUT2D eigenvalue weighted by molar-refractivity contribution is 0.334. The van der Waals surface area contributed by atoms with Crippen LogP contribution >= 0.6 is 34.2 Å². The Bertz CT molecular complexity index is 611. The summed E-state index contributed by atoms with van der Waals surface area (Å²) in [5, 5.41) is 4.44. The number of piperidine rings is 1. The first-order valence-electron chi connectivity index (χ1n) is 6.89. The van der Waals surface area contributed by atoms with Crippen LogP contribution in [0.4, 0.5) is 0 Å². The minimum absolute atomic E-state index is 0.382. The number of nitrogens with zero attached hydrogens (tertiary/aromatic N) is 2. The van der Waals surface area contributed by atoms with Gasteiger partial charge in [0.25, 0.3) is 0 Å². The first-order valence-corrected chi connectivity index (χ1v) is 8.34. The molecule has 0 spiro atoms. The summed E-state index contributed by atoms with van der Waals surface area (Å²) < 4.78 is 3.31. The first-order chi connectivity index (χ1) is 9.65. The van der Waals surface area contributed by atoms with E-state index >= 15 is 0 Å². The number of halogens is 2.